The van der Waals surface area contributed by atoms with Crippen molar-refractivity contribution in [3.8, 4) is 0 Å². The van der Waals surface area contributed by atoms with Gasteiger partial charge in [0.15, 0.2) is 0 Å². The van der Waals surface area contributed by atoms with E-state index in [0.717, 1.165) is 0 Å². The lowest BCUT2D eigenvalue weighted by atomic mass is 10.1. The molecule has 0 bridgehead atoms. The first kappa shape index (κ1) is 16.3. The number of unbranched alkanes of at least 4 members (excludes halogenated alkanes) is 1. The van der Waals surface area contributed by atoms with E-state index in [4.69, 9.17) is 0 Å². The van der Waals surface area contributed by atoms with Gasteiger partial charge in [-0.05, 0) is 38.3 Å². The van der Waals surface area contributed by atoms with Crippen LogP contribution in [0.2, 0.25) is 12.6 Å². The lowest BCUT2D eigenvalue weighted by Crippen LogP contribution is -2.48. The first-order chi connectivity index (χ1) is 9.93. The molecule has 1 aromatic carbocycles. The highest BCUT2D eigenvalue weighted by molar-refractivity contribution is 6.97. The summed E-state index contributed by atoms with van der Waals surface area (Å²) in [5.41, 5.74) is 4.73. The van der Waals surface area contributed by atoms with E-state index in [1.54, 1.807) is 27.1 Å². The molecule has 0 saturated carbocycles. The Hall–Kier alpha value is -1.08. The van der Waals surface area contributed by atoms with Crippen molar-refractivity contribution in [1.82, 2.24) is 0 Å². The summed E-state index contributed by atoms with van der Waals surface area (Å²) in [7, 11) is -1.59. The van der Waals surface area contributed by atoms with E-state index in [1.165, 1.54) is 18.9 Å². The minimum absolute atomic E-state index is 0.638. The fraction of sp³-hybridized carbons (Fsp3) is 0.500. The summed E-state index contributed by atoms with van der Waals surface area (Å²) in [4.78, 5) is 0. The predicted octanol–water partition coefficient (Wildman–Crippen LogP) is 5.61. The smallest absolute Gasteiger partial charge is 0.0660 e. The van der Waals surface area contributed by atoms with E-state index in [1.807, 2.05) is 0 Å². The molecule has 2 rings (SSSR count). The van der Waals surface area contributed by atoms with Crippen molar-refractivity contribution >= 4 is 13.3 Å². The van der Waals surface area contributed by atoms with Gasteiger partial charge in [0.1, 0.15) is 8.07 Å². The van der Waals surface area contributed by atoms with Crippen LogP contribution in [-0.4, -0.2) is 8.07 Å². The Balaban J connectivity index is 2.53. The van der Waals surface area contributed by atoms with Gasteiger partial charge in [-0.2, -0.15) is 0 Å². The number of rotatable bonds is 5. The molecule has 0 aromatic heterocycles. The fourth-order valence-corrected chi connectivity index (χ4v) is 9.07. The van der Waals surface area contributed by atoms with Gasteiger partial charge in [0.05, 0.1) is 0 Å². The molecule has 0 spiro atoms. The van der Waals surface area contributed by atoms with Crippen LogP contribution in [0.5, 0.6) is 0 Å². The minimum Gasteiger partial charge on any atom is -0.0660 e. The van der Waals surface area contributed by atoms with Gasteiger partial charge in [0, 0.05) is 0 Å². The third-order valence-electron chi connectivity index (χ3n) is 5.68. The highest BCUT2D eigenvalue weighted by Gasteiger charge is 2.40. The van der Waals surface area contributed by atoms with Gasteiger partial charge in [-0.1, -0.05) is 85.1 Å². The van der Waals surface area contributed by atoms with Crippen LogP contribution in [0.15, 0.2) is 52.2 Å². The van der Waals surface area contributed by atoms with Gasteiger partial charge in [-0.15, -0.1) is 0 Å². The zero-order valence-corrected chi connectivity index (χ0v) is 15.6. The lowest BCUT2D eigenvalue weighted by molar-refractivity contribution is 0.829. The summed E-state index contributed by atoms with van der Waals surface area (Å²) in [6.45, 7) is 14.3. The first-order valence-electron chi connectivity index (χ1n) is 8.38. The second kappa shape index (κ2) is 6.35. The van der Waals surface area contributed by atoms with Gasteiger partial charge in [-0.3, -0.25) is 0 Å². The van der Waals surface area contributed by atoms with Crippen LogP contribution < -0.4 is 5.19 Å². The maximum absolute atomic E-state index is 2.60. The van der Waals surface area contributed by atoms with Gasteiger partial charge >= 0.3 is 0 Å². The summed E-state index contributed by atoms with van der Waals surface area (Å²) < 4.78 is 0. The molecule has 21 heavy (non-hydrogen) atoms. The normalized spacial score (nSPS) is 21.9. The van der Waals surface area contributed by atoms with Crippen molar-refractivity contribution in [2.75, 3.05) is 0 Å². The molecule has 114 valence electrons. The van der Waals surface area contributed by atoms with E-state index in [-0.39, 0.29) is 0 Å². The topological polar surface area (TPSA) is 0 Å². The maximum Gasteiger partial charge on any atom is 0.111 e. The Morgan fingerprint density at radius 2 is 1.62 bits per heavy atom. The minimum atomic E-state index is -1.59. The highest BCUT2D eigenvalue weighted by Crippen LogP contribution is 2.42. The average Bonchev–Trinajstić information content (AvgIpc) is 2.70. The number of hydrogen-bond acceptors (Lipinski definition) is 0. The molecule has 0 N–H and O–H groups in total. The van der Waals surface area contributed by atoms with Crippen LogP contribution in [0, 0.1) is 5.92 Å². The molecule has 1 heteroatoms. The zero-order valence-electron chi connectivity index (χ0n) is 14.6. The molecular weight excluding hydrogens is 268 g/mol. The Morgan fingerprint density at radius 3 is 2.10 bits per heavy atom. The Bertz CT molecular complexity index is 565. The molecule has 0 radical (unpaired) electrons. The summed E-state index contributed by atoms with van der Waals surface area (Å²) in [5.74, 6) is 0.638. The van der Waals surface area contributed by atoms with Crippen molar-refractivity contribution in [3.63, 3.8) is 0 Å². The van der Waals surface area contributed by atoms with Crippen LogP contribution >= 0.6 is 0 Å². The van der Waals surface area contributed by atoms with Crippen LogP contribution in [0.1, 0.15) is 47.5 Å². The van der Waals surface area contributed by atoms with E-state index in [2.05, 4.69) is 71.5 Å². The molecule has 0 nitrogen and oxygen atoms in total. The van der Waals surface area contributed by atoms with Crippen LogP contribution in [0.25, 0.3) is 0 Å². The quantitative estimate of drug-likeness (QED) is 0.619. The van der Waals surface area contributed by atoms with E-state index < -0.39 is 8.07 Å². The summed E-state index contributed by atoms with van der Waals surface area (Å²) in [5, 5.41) is 3.40. The van der Waals surface area contributed by atoms with Crippen LogP contribution in [-0.2, 0) is 0 Å². The molecule has 0 fully saturated rings. The maximum atomic E-state index is 2.60. The molecule has 0 heterocycles. The number of allylic oxidation sites excluding steroid dienone is 4. The van der Waals surface area contributed by atoms with Gasteiger partial charge < -0.3 is 0 Å². The molecule has 0 amide bonds. The van der Waals surface area contributed by atoms with Crippen molar-refractivity contribution in [1.29, 1.82) is 0 Å². The second-order valence-electron chi connectivity index (χ2n) is 6.87. The van der Waals surface area contributed by atoms with Crippen LogP contribution in [0.4, 0.5) is 0 Å². The number of benzene rings is 1. The molecule has 0 saturated heterocycles. The van der Waals surface area contributed by atoms with E-state index in [9.17, 15) is 0 Å². The SMILES string of the molecule is CCCC[Si](C)(C1=C(C)C(C)=C(C)C1C)c1ccccc1. The van der Waals surface area contributed by atoms with Crippen molar-refractivity contribution in [2.45, 2.75) is 60.1 Å². The number of hydrogen-bond donors (Lipinski definition) is 0. The standard InChI is InChI=1S/C20H30Si/c1-7-8-14-21(6,19-12-10-9-11-13-19)20-17(4)15(2)16(3)18(20)5/h9-13,17H,7-8,14H2,1-6H3. The van der Waals surface area contributed by atoms with Crippen molar-refractivity contribution in [3.05, 3.63) is 52.2 Å². The third kappa shape index (κ3) is 2.81. The van der Waals surface area contributed by atoms with Crippen LogP contribution in [0.3, 0.4) is 0 Å². The fourth-order valence-electron chi connectivity index (χ4n) is 4.03. The molecular formula is C20H30Si. The largest absolute Gasteiger partial charge is 0.111 e. The summed E-state index contributed by atoms with van der Waals surface area (Å²) >= 11 is 0. The first-order valence-corrected chi connectivity index (χ1v) is 11.1. The van der Waals surface area contributed by atoms with Gasteiger partial charge in [0.2, 0.25) is 0 Å². The molecule has 1 aliphatic rings. The zero-order chi connectivity index (χ0) is 15.6. The molecule has 0 aliphatic heterocycles. The summed E-state index contributed by atoms with van der Waals surface area (Å²) in [6.07, 6.45) is 2.64. The Labute approximate surface area is 132 Å². The van der Waals surface area contributed by atoms with Gasteiger partial charge in [0.25, 0.3) is 0 Å². The average molecular weight is 299 g/mol. The highest BCUT2D eigenvalue weighted by atomic mass is 28.3. The van der Waals surface area contributed by atoms with Crippen molar-refractivity contribution in [2.24, 2.45) is 5.92 Å². The molecule has 1 aromatic rings. The van der Waals surface area contributed by atoms with E-state index >= 15 is 0 Å². The lowest BCUT2D eigenvalue weighted by Gasteiger charge is -2.34. The monoisotopic (exact) mass is 298 g/mol. The van der Waals surface area contributed by atoms with E-state index in [0.29, 0.717) is 5.92 Å². The van der Waals surface area contributed by atoms with Gasteiger partial charge in [-0.25, -0.2) is 0 Å². The Kier molecular flexibility index (Phi) is 4.93. The third-order valence-corrected chi connectivity index (χ3v) is 10.6. The predicted molar refractivity (Wildman–Crippen MR) is 97.6 cm³/mol. The summed E-state index contributed by atoms with van der Waals surface area (Å²) in [6, 6.07) is 12.7. The second-order valence-corrected chi connectivity index (χ2v) is 11.2. The molecule has 2 unspecified atom stereocenters. The molecule has 1 aliphatic carbocycles. The Morgan fingerprint density at radius 1 is 1.00 bits per heavy atom. The molecule has 2 atom stereocenters. The van der Waals surface area contributed by atoms with Crippen molar-refractivity contribution < 1.29 is 0 Å².